The number of hydrogen-bond donors (Lipinski definition) is 1. The second-order valence-corrected chi connectivity index (χ2v) is 6.64. The molecule has 0 aromatic carbocycles. The van der Waals surface area contributed by atoms with Gasteiger partial charge in [0.25, 0.3) is 0 Å². The Labute approximate surface area is 127 Å². The first-order valence-electron chi connectivity index (χ1n) is 8.06. The number of aryl methyl sites for hydroxylation is 1. The van der Waals surface area contributed by atoms with E-state index in [2.05, 4.69) is 22.9 Å². The van der Waals surface area contributed by atoms with E-state index < -0.39 is 0 Å². The third-order valence-corrected chi connectivity index (χ3v) is 5.32. The molecule has 3 heterocycles. The van der Waals surface area contributed by atoms with E-state index in [1.807, 2.05) is 12.3 Å². The molecule has 1 spiro atoms. The molecule has 1 atom stereocenters. The number of nitrogens with zero attached hydrogens (tertiary/aromatic N) is 2. The highest BCUT2D eigenvalue weighted by atomic mass is 16.5. The molecular weight excluding hydrogens is 264 g/mol. The van der Waals surface area contributed by atoms with Crippen molar-refractivity contribution in [3.05, 3.63) is 29.6 Å². The van der Waals surface area contributed by atoms with Gasteiger partial charge in [0.1, 0.15) is 0 Å². The maximum atomic E-state index is 9.71. The molecule has 2 aliphatic rings. The molecule has 4 nitrogen and oxygen atoms in total. The minimum atomic E-state index is 0.256. The van der Waals surface area contributed by atoms with Crippen molar-refractivity contribution in [3.8, 4) is 0 Å². The van der Waals surface area contributed by atoms with Crippen LogP contribution in [0.25, 0.3) is 0 Å². The Hall–Kier alpha value is -0.970. The topological polar surface area (TPSA) is 45.6 Å². The summed E-state index contributed by atoms with van der Waals surface area (Å²) in [6.45, 7) is 6.08. The van der Waals surface area contributed by atoms with E-state index in [0.717, 1.165) is 51.3 Å². The van der Waals surface area contributed by atoms with Gasteiger partial charge in [-0.05, 0) is 49.7 Å². The third-order valence-electron chi connectivity index (χ3n) is 5.32. The molecule has 2 aliphatic heterocycles. The van der Waals surface area contributed by atoms with Gasteiger partial charge in [-0.15, -0.1) is 0 Å². The smallest absolute Gasteiger partial charge is 0.0587 e. The van der Waals surface area contributed by atoms with Gasteiger partial charge < -0.3 is 9.84 Å². The van der Waals surface area contributed by atoms with E-state index in [0.29, 0.717) is 5.41 Å². The van der Waals surface area contributed by atoms with Gasteiger partial charge in [0.2, 0.25) is 0 Å². The maximum Gasteiger partial charge on any atom is 0.0587 e. The molecule has 1 aromatic heterocycles. The third kappa shape index (κ3) is 3.28. The SMILES string of the molecule is Cc1ncccc1CN1CC2(CCOCC2)CC[C@@H]1CO. The van der Waals surface area contributed by atoms with Gasteiger partial charge >= 0.3 is 0 Å². The summed E-state index contributed by atoms with van der Waals surface area (Å²) in [7, 11) is 0. The molecule has 116 valence electrons. The van der Waals surface area contributed by atoms with Crippen LogP contribution in [0.3, 0.4) is 0 Å². The predicted octanol–water partition coefficient (Wildman–Crippen LogP) is 2.14. The van der Waals surface area contributed by atoms with E-state index in [1.54, 1.807) is 0 Å². The fourth-order valence-corrected chi connectivity index (χ4v) is 3.80. The second-order valence-electron chi connectivity index (χ2n) is 6.64. The van der Waals surface area contributed by atoms with Crippen molar-refractivity contribution >= 4 is 0 Å². The highest BCUT2D eigenvalue weighted by Crippen LogP contribution is 2.41. The average Bonchev–Trinajstić information content (AvgIpc) is 2.51. The molecule has 4 heteroatoms. The van der Waals surface area contributed by atoms with Crippen molar-refractivity contribution in [3.63, 3.8) is 0 Å². The van der Waals surface area contributed by atoms with Crippen molar-refractivity contribution in [1.29, 1.82) is 0 Å². The molecule has 3 rings (SSSR count). The van der Waals surface area contributed by atoms with Crippen molar-refractivity contribution in [1.82, 2.24) is 9.88 Å². The zero-order chi connectivity index (χ0) is 14.7. The maximum absolute atomic E-state index is 9.71. The van der Waals surface area contributed by atoms with Gasteiger partial charge in [0.05, 0.1) is 6.61 Å². The normalized spacial score (nSPS) is 26.1. The standard InChI is InChI=1S/C17H26N2O2/c1-14-15(3-2-8-18-14)11-19-13-17(5-4-16(19)12-20)6-9-21-10-7-17/h2-3,8,16,20H,4-7,9-13H2,1H3/t16-/m1/s1. The van der Waals surface area contributed by atoms with Crippen LogP contribution < -0.4 is 0 Å². The molecule has 0 radical (unpaired) electrons. The van der Waals surface area contributed by atoms with E-state index in [1.165, 1.54) is 12.0 Å². The molecule has 0 bridgehead atoms. The molecule has 1 N–H and O–H groups in total. The lowest BCUT2D eigenvalue weighted by Crippen LogP contribution is -2.51. The minimum Gasteiger partial charge on any atom is -0.395 e. The van der Waals surface area contributed by atoms with Crippen LogP contribution >= 0.6 is 0 Å². The molecule has 0 unspecified atom stereocenters. The van der Waals surface area contributed by atoms with Crippen molar-refractivity contribution in [2.45, 2.75) is 45.2 Å². The summed E-state index contributed by atoms with van der Waals surface area (Å²) in [6.07, 6.45) is 6.49. The number of aliphatic hydroxyl groups is 1. The molecular formula is C17H26N2O2. The summed E-state index contributed by atoms with van der Waals surface area (Å²) in [5, 5.41) is 9.71. The van der Waals surface area contributed by atoms with E-state index in [-0.39, 0.29) is 12.6 Å². The summed E-state index contributed by atoms with van der Waals surface area (Å²) in [4.78, 5) is 6.86. The highest BCUT2D eigenvalue weighted by Gasteiger charge is 2.40. The lowest BCUT2D eigenvalue weighted by molar-refractivity contribution is -0.0550. The van der Waals surface area contributed by atoms with Crippen molar-refractivity contribution in [2.75, 3.05) is 26.4 Å². The Morgan fingerprint density at radius 1 is 1.38 bits per heavy atom. The molecule has 1 aromatic rings. The summed E-state index contributed by atoms with van der Waals surface area (Å²) >= 11 is 0. The quantitative estimate of drug-likeness (QED) is 0.926. The largest absolute Gasteiger partial charge is 0.395 e. The van der Waals surface area contributed by atoms with Crippen LogP contribution in [0.1, 0.15) is 36.9 Å². The molecule has 0 saturated carbocycles. The van der Waals surface area contributed by atoms with Crippen LogP contribution in [0.15, 0.2) is 18.3 Å². The Balaban J connectivity index is 1.75. The first-order valence-corrected chi connectivity index (χ1v) is 8.06. The Bertz CT molecular complexity index is 472. The average molecular weight is 290 g/mol. The summed E-state index contributed by atoms with van der Waals surface area (Å²) in [5.41, 5.74) is 2.78. The van der Waals surface area contributed by atoms with Crippen molar-refractivity contribution in [2.24, 2.45) is 5.41 Å². The van der Waals surface area contributed by atoms with Gasteiger partial charge in [0, 0.05) is 44.2 Å². The lowest BCUT2D eigenvalue weighted by Gasteiger charge is -2.48. The van der Waals surface area contributed by atoms with Gasteiger partial charge in [0.15, 0.2) is 0 Å². The van der Waals surface area contributed by atoms with Crippen LogP contribution in [0.4, 0.5) is 0 Å². The molecule has 0 aliphatic carbocycles. The number of likely N-dealkylation sites (tertiary alicyclic amines) is 1. The Morgan fingerprint density at radius 2 is 2.19 bits per heavy atom. The fraction of sp³-hybridized carbons (Fsp3) is 0.706. The Morgan fingerprint density at radius 3 is 2.90 bits per heavy atom. The molecule has 2 fully saturated rings. The molecule has 0 amide bonds. The van der Waals surface area contributed by atoms with Gasteiger partial charge in [-0.3, -0.25) is 9.88 Å². The van der Waals surface area contributed by atoms with Gasteiger partial charge in [-0.2, -0.15) is 0 Å². The second kappa shape index (κ2) is 6.42. The first-order chi connectivity index (χ1) is 10.2. The molecule has 21 heavy (non-hydrogen) atoms. The van der Waals surface area contributed by atoms with E-state index in [4.69, 9.17) is 4.74 Å². The van der Waals surface area contributed by atoms with E-state index in [9.17, 15) is 5.11 Å². The summed E-state index contributed by atoms with van der Waals surface area (Å²) in [6, 6.07) is 4.45. The van der Waals surface area contributed by atoms with Crippen LogP contribution in [-0.2, 0) is 11.3 Å². The number of hydrogen-bond acceptors (Lipinski definition) is 4. The van der Waals surface area contributed by atoms with Crippen molar-refractivity contribution < 1.29 is 9.84 Å². The predicted molar refractivity (Wildman–Crippen MR) is 82.0 cm³/mol. The Kier molecular flexibility index (Phi) is 4.57. The number of ether oxygens (including phenoxy) is 1. The number of rotatable bonds is 3. The number of aliphatic hydroxyl groups excluding tert-OH is 1. The number of aromatic nitrogens is 1. The van der Waals surface area contributed by atoms with Crippen LogP contribution in [0, 0.1) is 12.3 Å². The highest BCUT2D eigenvalue weighted by molar-refractivity contribution is 5.18. The summed E-state index contributed by atoms with van der Waals surface area (Å²) in [5.74, 6) is 0. The first kappa shape index (κ1) is 14.9. The zero-order valence-electron chi connectivity index (χ0n) is 12.9. The fourth-order valence-electron chi connectivity index (χ4n) is 3.80. The zero-order valence-corrected chi connectivity index (χ0v) is 12.9. The number of pyridine rings is 1. The minimum absolute atomic E-state index is 0.256. The number of piperidine rings is 1. The van der Waals surface area contributed by atoms with Gasteiger partial charge in [-0.1, -0.05) is 6.07 Å². The monoisotopic (exact) mass is 290 g/mol. The van der Waals surface area contributed by atoms with Crippen LogP contribution in [0.2, 0.25) is 0 Å². The summed E-state index contributed by atoms with van der Waals surface area (Å²) < 4.78 is 5.54. The van der Waals surface area contributed by atoms with E-state index >= 15 is 0 Å². The van der Waals surface area contributed by atoms with Gasteiger partial charge in [-0.25, -0.2) is 0 Å². The lowest BCUT2D eigenvalue weighted by atomic mass is 9.72. The van der Waals surface area contributed by atoms with Crippen LogP contribution in [-0.4, -0.2) is 47.4 Å². The van der Waals surface area contributed by atoms with Crippen LogP contribution in [0.5, 0.6) is 0 Å². The molecule has 2 saturated heterocycles.